The maximum atomic E-state index is 12.9. The molecular formula is C38H46N6O5. The Morgan fingerprint density at radius 2 is 1.14 bits per heavy atom. The first-order valence-electron chi connectivity index (χ1n) is 17.3. The standard InChI is InChI=1S/C38H46N6O5/c1-37(2,3)48-35(45)43-15-7-9-31(43)33-39-19-29(41-33)23-11-13-27-25(17-23)21-47-22-26-18-24(12-14-28(26)27)30-20-40-34(42-30)32-10-8-16-44(32)36(46)49-38(4,5)6/h11-14,17-20,31-32H,7-10,15-16,21-22H2,1-6H3,(H,39,41)(H,40,42)/t31-,32+. The summed E-state index contributed by atoms with van der Waals surface area (Å²) in [4.78, 5) is 45.7. The molecule has 49 heavy (non-hydrogen) atoms. The lowest BCUT2D eigenvalue weighted by molar-refractivity contribution is 0.0208. The minimum Gasteiger partial charge on any atom is -0.444 e. The van der Waals surface area contributed by atoms with Gasteiger partial charge in [-0.2, -0.15) is 0 Å². The number of rotatable bonds is 4. The third kappa shape index (κ3) is 6.94. The number of carbonyl (C=O) groups is 2. The monoisotopic (exact) mass is 666 g/mol. The zero-order chi connectivity index (χ0) is 34.5. The average molecular weight is 667 g/mol. The normalized spacial score (nSPS) is 19.4. The molecule has 2 aromatic heterocycles. The van der Waals surface area contributed by atoms with Gasteiger partial charge in [-0.05, 0) is 113 Å². The minimum atomic E-state index is -0.548. The summed E-state index contributed by atoms with van der Waals surface area (Å²) in [6.45, 7) is 13.6. The van der Waals surface area contributed by atoms with Gasteiger partial charge in [-0.3, -0.25) is 9.80 Å². The first-order chi connectivity index (χ1) is 23.3. The molecule has 2 atom stereocenters. The van der Waals surface area contributed by atoms with Crippen LogP contribution in [-0.4, -0.2) is 66.2 Å². The molecule has 0 spiro atoms. The van der Waals surface area contributed by atoms with Gasteiger partial charge in [-0.25, -0.2) is 19.6 Å². The van der Waals surface area contributed by atoms with E-state index in [1.807, 2.05) is 53.9 Å². The van der Waals surface area contributed by atoms with Crippen molar-refractivity contribution in [2.24, 2.45) is 0 Å². The van der Waals surface area contributed by atoms with Gasteiger partial charge in [-0.15, -0.1) is 0 Å². The quantitative estimate of drug-likeness (QED) is 0.224. The number of hydrogen-bond donors (Lipinski definition) is 2. The molecule has 7 rings (SSSR count). The fourth-order valence-corrected chi connectivity index (χ4v) is 7.04. The molecular weight excluding hydrogens is 620 g/mol. The average Bonchev–Trinajstić information content (AvgIpc) is 3.84. The van der Waals surface area contributed by atoms with E-state index in [1.54, 1.807) is 9.80 Å². The third-order valence-electron chi connectivity index (χ3n) is 9.22. The van der Waals surface area contributed by atoms with Crippen LogP contribution in [0, 0.1) is 0 Å². The highest BCUT2D eigenvalue weighted by Gasteiger charge is 2.36. The predicted octanol–water partition coefficient (Wildman–Crippen LogP) is 8.31. The number of hydrogen-bond acceptors (Lipinski definition) is 7. The van der Waals surface area contributed by atoms with E-state index in [2.05, 4.69) is 46.4 Å². The lowest BCUT2D eigenvalue weighted by Crippen LogP contribution is -2.36. The Morgan fingerprint density at radius 3 is 1.55 bits per heavy atom. The number of imidazole rings is 2. The van der Waals surface area contributed by atoms with Gasteiger partial charge in [0.05, 0.1) is 49.1 Å². The number of nitrogens with zero attached hydrogens (tertiary/aromatic N) is 4. The van der Waals surface area contributed by atoms with Crippen molar-refractivity contribution in [2.45, 2.75) is 104 Å². The number of amides is 2. The molecule has 0 radical (unpaired) electrons. The molecule has 2 fully saturated rings. The van der Waals surface area contributed by atoms with Crippen LogP contribution in [0.3, 0.4) is 0 Å². The fourth-order valence-electron chi connectivity index (χ4n) is 7.04. The number of H-pyrrole nitrogens is 2. The molecule has 3 aliphatic heterocycles. The summed E-state index contributed by atoms with van der Waals surface area (Å²) in [5.74, 6) is 1.55. The van der Waals surface area contributed by atoms with Crippen LogP contribution in [0.15, 0.2) is 48.8 Å². The Labute approximate surface area is 287 Å². The molecule has 0 bridgehead atoms. The smallest absolute Gasteiger partial charge is 0.410 e. The van der Waals surface area contributed by atoms with Crippen molar-refractivity contribution < 1.29 is 23.8 Å². The van der Waals surface area contributed by atoms with Gasteiger partial charge >= 0.3 is 12.2 Å². The second kappa shape index (κ2) is 12.7. The molecule has 11 heteroatoms. The van der Waals surface area contributed by atoms with Crippen molar-refractivity contribution >= 4 is 12.2 Å². The third-order valence-corrected chi connectivity index (χ3v) is 9.22. The van der Waals surface area contributed by atoms with Gasteiger partial charge in [-0.1, -0.05) is 24.3 Å². The summed E-state index contributed by atoms with van der Waals surface area (Å²) in [5, 5.41) is 0. The van der Waals surface area contributed by atoms with Crippen molar-refractivity contribution in [2.75, 3.05) is 13.1 Å². The molecule has 2 amide bonds. The summed E-state index contributed by atoms with van der Waals surface area (Å²) in [5.41, 5.74) is 7.21. The largest absolute Gasteiger partial charge is 0.444 e. The van der Waals surface area contributed by atoms with Crippen molar-refractivity contribution in [3.8, 4) is 33.6 Å². The van der Waals surface area contributed by atoms with E-state index in [0.717, 1.165) is 82.1 Å². The first kappa shape index (κ1) is 32.9. The van der Waals surface area contributed by atoms with Gasteiger partial charge in [0, 0.05) is 13.1 Å². The molecule has 11 nitrogen and oxygen atoms in total. The maximum Gasteiger partial charge on any atom is 0.410 e. The summed E-state index contributed by atoms with van der Waals surface area (Å²) in [7, 11) is 0. The van der Waals surface area contributed by atoms with Crippen LogP contribution in [-0.2, 0) is 27.4 Å². The number of carbonyl (C=O) groups excluding carboxylic acids is 2. The number of benzene rings is 2. The second-order valence-electron chi connectivity index (χ2n) is 15.3. The molecule has 0 saturated carbocycles. The van der Waals surface area contributed by atoms with E-state index >= 15 is 0 Å². The Morgan fingerprint density at radius 1 is 0.714 bits per heavy atom. The highest BCUT2D eigenvalue weighted by Crippen LogP contribution is 2.38. The van der Waals surface area contributed by atoms with E-state index in [-0.39, 0.29) is 24.3 Å². The van der Waals surface area contributed by atoms with Crippen LogP contribution in [0.25, 0.3) is 33.6 Å². The van der Waals surface area contributed by atoms with Crippen LogP contribution >= 0.6 is 0 Å². The topological polar surface area (TPSA) is 126 Å². The summed E-state index contributed by atoms with van der Waals surface area (Å²) in [6, 6.07) is 12.6. The maximum absolute atomic E-state index is 12.9. The van der Waals surface area contributed by atoms with Crippen LogP contribution in [0.2, 0.25) is 0 Å². The zero-order valence-electron chi connectivity index (χ0n) is 29.3. The summed E-state index contributed by atoms with van der Waals surface area (Å²) in [6.07, 6.45) is 6.58. The molecule has 0 aliphatic carbocycles. The second-order valence-corrected chi connectivity index (χ2v) is 15.3. The first-order valence-corrected chi connectivity index (χ1v) is 17.3. The number of fused-ring (bicyclic) bond motifs is 3. The van der Waals surface area contributed by atoms with Crippen molar-refractivity contribution in [3.05, 3.63) is 71.6 Å². The van der Waals surface area contributed by atoms with E-state index in [9.17, 15) is 9.59 Å². The van der Waals surface area contributed by atoms with Crippen molar-refractivity contribution in [1.82, 2.24) is 29.7 Å². The lowest BCUT2D eigenvalue weighted by atomic mass is 9.93. The molecule has 2 saturated heterocycles. The van der Waals surface area contributed by atoms with Gasteiger partial charge in [0.15, 0.2) is 0 Å². The summed E-state index contributed by atoms with van der Waals surface area (Å²) < 4.78 is 17.5. The van der Waals surface area contributed by atoms with Gasteiger partial charge in [0.1, 0.15) is 22.9 Å². The zero-order valence-corrected chi connectivity index (χ0v) is 29.3. The van der Waals surface area contributed by atoms with Gasteiger partial charge < -0.3 is 24.2 Å². The van der Waals surface area contributed by atoms with Gasteiger partial charge in [0.25, 0.3) is 0 Å². The number of ether oxygens (including phenoxy) is 3. The number of aromatic amines is 2. The van der Waals surface area contributed by atoms with E-state index in [4.69, 9.17) is 24.2 Å². The molecule has 2 aromatic carbocycles. The fraction of sp³-hybridized carbons (Fsp3) is 0.474. The van der Waals surface area contributed by atoms with Crippen LogP contribution in [0.5, 0.6) is 0 Å². The minimum absolute atomic E-state index is 0.137. The van der Waals surface area contributed by atoms with Crippen LogP contribution in [0.4, 0.5) is 9.59 Å². The highest BCUT2D eigenvalue weighted by atomic mass is 16.6. The summed E-state index contributed by atoms with van der Waals surface area (Å²) >= 11 is 0. The molecule has 0 unspecified atom stereocenters. The Kier molecular flexibility index (Phi) is 8.50. The Hall–Kier alpha value is -4.64. The van der Waals surface area contributed by atoms with Crippen molar-refractivity contribution in [1.29, 1.82) is 0 Å². The van der Waals surface area contributed by atoms with E-state index in [1.165, 1.54) is 0 Å². The predicted molar refractivity (Wildman–Crippen MR) is 185 cm³/mol. The molecule has 2 N–H and O–H groups in total. The highest BCUT2D eigenvalue weighted by molar-refractivity contribution is 5.78. The Balaban J connectivity index is 1.09. The van der Waals surface area contributed by atoms with E-state index < -0.39 is 11.2 Å². The molecule has 4 aromatic rings. The van der Waals surface area contributed by atoms with Gasteiger partial charge in [0.2, 0.25) is 0 Å². The lowest BCUT2D eigenvalue weighted by Gasteiger charge is -2.27. The molecule has 3 aliphatic rings. The van der Waals surface area contributed by atoms with Crippen LogP contribution < -0.4 is 0 Å². The number of likely N-dealkylation sites (tertiary alicyclic amines) is 2. The Bertz CT molecular complexity index is 1730. The number of nitrogens with one attached hydrogen (secondary N) is 2. The molecule has 258 valence electrons. The van der Waals surface area contributed by atoms with Crippen molar-refractivity contribution in [3.63, 3.8) is 0 Å². The van der Waals surface area contributed by atoms with Crippen LogP contribution in [0.1, 0.15) is 102 Å². The van der Waals surface area contributed by atoms with E-state index in [0.29, 0.717) is 26.3 Å². The SMILES string of the molecule is CC(C)(C)OC(=O)N1CCC[C@@H]1c1ncc(-c2ccc3c(c2)COCc2cc(-c4cnc([C@@H]5CCCN5C(=O)OC(C)(C)C)[nH]4)ccc2-3)[nH]1. The number of aromatic nitrogens is 4. The molecule has 5 heterocycles.